The van der Waals surface area contributed by atoms with Gasteiger partial charge in [0.25, 0.3) is 0 Å². The number of hydrogen-bond acceptors (Lipinski definition) is 2. The van der Waals surface area contributed by atoms with Gasteiger partial charge in [0, 0.05) is 12.7 Å². The number of benzene rings is 1. The fourth-order valence-corrected chi connectivity index (χ4v) is 2.78. The Kier molecular flexibility index (Phi) is 3.61. The number of hydrogen-bond donors (Lipinski definition) is 0. The topological polar surface area (TPSA) is 17.4 Å². The second-order valence-electron chi connectivity index (χ2n) is 5.30. The highest BCUT2D eigenvalue weighted by molar-refractivity contribution is 5.85. The monoisotopic (exact) mass is 278 g/mol. The summed E-state index contributed by atoms with van der Waals surface area (Å²) in [5.41, 5.74) is 2.02. The van der Waals surface area contributed by atoms with Crippen LogP contribution in [0.2, 0.25) is 0 Å². The summed E-state index contributed by atoms with van der Waals surface area (Å²) in [6.45, 7) is 3.00. The number of likely N-dealkylation sites (N-methyl/N-ethyl adjacent to an activating group) is 1. The van der Waals surface area contributed by atoms with Crippen molar-refractivity contribution >= 4 is 12.4 Å². The van der Waals surface area contributed by atoms with Crippen molar-refractivity contribution in [3.63, 3.8) is 0 Å². The normalized spacial score (nSPS) is 20.2. The zero-order valence-corrected chi connectivity index (χ0v) is 12.3. The summed E-state index contributed by atoms with van der Waals surface area (Å²) in [6.07, 6.45) is 2.10. The van der Waals surface area contributed by atoms with Crippen LogP contribution in [0.3, 0.4) is 0 Å². The van der Waals surface area contributed by atoms with Crippen molar-refractivity contribution in [1.82, 2.24) is 9.47 Å². The number of aromatic nitrogens is 1. The summed E-state index contributed by atoms with van der Waals surface area (Å²) in [5.74, 6) is 0.950. The minimum absolute atomic E-state index is 0. The predicted octanol–water partition coefficient (Wildman–Crippen LogP) is 3.07. The molecule has 0 spiro atoms. The molecule has 3 nitrogen and oxygen atoms in total. The van der Waals surface area contributed by atoms with Gasteiger partial charge in [-0.3, -0.25) is 0 Å². The number of halogens is 1. The maximum Gasteiger partial charge on any atom is 0.159 e. The van der Waals surface area contributed by atoms with E-state index < -0.39 is 0 Å². The van der Waals surface area contributed by atoms with Crippen LogP contribution in [0.5, 0.6) is 5.75 Å². The lowest BCUT2D eigenvalue weighted by atomic mass is 9.99. The molecule has 1 aliphatic heterocycles. The first-order valence-corrected chi connectivity index (χ1v) is 6.21. The average molecular weight is 279 g/mol. The number of rotatable bonds is 2. The van der Waals surface area contributed by atoms with Gasteiger partial charge in [-0.25, -0.2) is 0 Å². The van der Waals surface area contributed by atoms with Gasteiger partial charge in [0.1, 0.15) is 5.75 Å². The summed E-state index contributed by atoms with van der Waals surface area (Å²) >= 11 is 0. The Morgan fingerprint density at radius 3 is 2.63 bits per heavy atom. The molecule has 0 N–H and O–H groups in total. The molecule has 102 valence electrons. The molecule has 1 aliphatic rings. The molecule has 1 unspecified atom stereocenters. The van der Waals surface area contributed by atoms with E-state index in [1.54, 1.807) is 0 Å². The fraction of sp³-hybridized carbons (Fsp3) is 0.333. The van der Waals surface area contributed by atoms with E-state index >= 15 is 0 Å². The molecule has 3 rings (SSSR count). The summed E-state index contributed by atoms with van der Waals surface area (Å²) in [5, 5.41) is 0. The average Bonchev–Trinajstić information content (AvgIpc) is 2.78. The first kappa shape index (κ1) is 14.0. The Morgan fingerprint density at radius 2 is 1.89 bits per heavy atom. The zero-order valence-electron chi connectivity index (χ0n) is 11.5. The zero-order chi connectivity index (χ0) is 12.8. The van der Waals surface area contributed by atoms with Crippen molar-refractivity contribution in [2.45, 2.75) is 12.5 Å². The van der Waals surface area contributed by atoms with Crippen LogP contribution in [0.1, 0.15) is 12.6 Å². The first-order chi connectivity index (χ1) is 8.60. The van der Waals surface area contributed by atoms with E-state index in [0.29, 0.717) is 0 Å². The van der Waals surface area contributed by atoms with Crippen LogP contribution in [-0.4, -0.2) is 30.1 Å². The number of ether oxygens (including phenoxy) is 1. The quantitative estimate of drug-likeness (QED) is 0.840. The van der Waals surface area contributed by atoms with Crippen molar-refractivity contribution in [1.29, 1.82) is 0 Å². The molecule has 0 saturated heterocycles. The van der Waals surface area contributed by atoms with Gasteiger partial charge in [-0.15, -0.1) is 12.4 Å². The van der Waals surface area contributed by atoms with Crippen LogP contribution in [0.15, 0.2) is 42.6 Å². The molecular weight excluding hydrogens is 260 g/mol. The third-order valence-electron chi connectivity index (χ3n) is 3.37. The van der Waals surface area contributed by atoms with E-state index in [2.05, 4.69) is 54.9 Å². The second-order valence-corrected chi connectivity index (χ2v) is 5.30. The van der Waals surface area contributed by atoms with Crippen LogP contribution in [0, 0.1) is 0 Å². The molecule has 1 aromatic heterocycles. The Hall–Kier alpha value is -1.45. The molecule has 0 radical (unpaired) electrons. The fourth-order valence-electron chi connectivity index (χ4n) is 2.78. The number of para-hydroxylation sites is 2. The number of nitrogens with zero attached hydrogens (tertiary/aromatic N) is 2. The van der Waals surface area contributed by atoms with Crippen LogP contribution in [0.25, 0.3) is 5.69 Å². The SMILES string of the molecule is CN(C)CC1(C)Oc2ccccc2-n2cccc21.Cl. The van der Waals surface area contributed by atoms with E-state index in [-0.39, 0.29) is 18.0 Å². The maximum atomic E-state index is 6.25. The third kappa shape index (κ3) is 2.24. The lowest BCUT2D eigenvalue weighted by Crippen LogP contribution is -2.43. The Bertz CT molecular complexity index is 579. The van der Waals surface area contributed by atoms with Gasteiger partial charge in [-0.05, 0) is 45.3 Å². The van der Waals surface area contributed by atoms with Crippen molar-refractivity contribution in [2.24, 2.45) is 0 Å². The lowest BCUT2D eigenvalue weighted by Gasteiger charge is -2.38. The Morgan fingerprint density at radius 1 is 1.16 bits per heavy atom. The van der Waals surface area contributed by atoms with Gasteiger partial charge >= 0.3 is 0 Å². The van der Waals surface area contributed by atoms with Crippen LogP contribution < -0.4 is 4.74 Å². The maximum absolute atomic E-state index is 6.25. The van der Waals surface area contributed by atoms with Gasteiger partial charge in [-0.1, -0.05) is 12.1 Å². The molecule has 2 heterocycles. The van der Waals surface area contributed by atoms with Crippen molar-refractivity contribution in [3.05, 3.63) is 48.3 Å². The predicted molar refractivity (Wildman–Crippen MR) is 79.6 cm³/mol. The van der Waals surface area contributed by atoms with Crippen LogP contribution >= 0.6 is 12.4 Å². The molecule has 19 heavy (non-hydrogen) atoms. The van der Waals surface area contributed by atoms with E-state index in [1.807, 2.05) is 18.2 Å². The second kappa shape index (κ2) is 4.91. The number of fused-ring (bicyclic) bond motifs is 3. The van der Waals surface area contributed by atoms with Gasteiger partial charge in [-0.2, -0.15) is 0 Å². The molecule has 4 heteroatoms. The molecular formula is C15H19ClN2O. The molecule has 1 atom stereocenters. The molecule has 2 aromatic rings. The van der Waals surface area contributed by atoms with Gasteiger partial charge in [0.2, 0.25) is 0 Å². The largest absolute Gasteiger partial charge is 0.478 e. The van der Waals surface area contributed by atoms with Crippen molar-refractivity contribution in [3.8, 4) is 11.4 Å². The van der Waals surface area contributed by atoms with E-state index in [0.717, 1.165) is 18.0 Å². The van der Waals surface area contributed by atoms with Gasteiger partial charge < -0.3 is 14.2 Å². The van der Waals surface area contributed by atoms with E-state index in [4.69, 9.17) is 4.74 Å². The summed E-state index contributed by atoms with van der Waals surface area (Å²) in [6, 6.07) is 12.4. The minimum Gasteiger partial charge on any atom is -0.478 e. The lowest BCUT2D eigenvalue weighted by molar-refractivity contribution is 0.0435. The minimum atomic E-state index is -0.304. The third-order valence-corrected chi connectivity index (χ3v) is 3.37. The molecule has 1 aromatic carbocycles. The van der Waals surface area contributed by atoms with Gasteiger partial charge in [0.05, 0.1) is 11.4 Å². The standard InChI is InChI=1S/C15H18N2O.ClH/c1-15(11-16(2)3)14-9-6-10-17(14)12-7-4-5-8-13(12)18-15;/h4-10H,11H2,1-3H3;1H. The Balaban J connectivity index is 0.00000133. The van der Waals surface area contributed by atoms with Crippen LogP contribution in [-0.2, 0) is 5.60 Å². The molecule has 0 bridgehead atoms. The van der Waals surface area contributed by atoms with Crippen LogP contribution in [0.4, 0.5) is 0 Å². The van der Waals surface area contributed by atoms with Gasteiger partial charge in [0.15, 0.2) is 5.60 Å². The van der Waals surface area contributed by atoms with Crippen molar-refractivity contribution < 1.29 is 4.74 Å². The molecule has 0 aliphatic carbocycles. The molecule has 0 saturated carbocycles. The van der Waals surface area contributed by atoms with E-state index in [1.165, 1.54) is 5.69 Å². The van der Waals surface area contributed by atoms with E-state index in [9.17, 15) is 0 Å². The Labute approximate surface area is 120 Å². The molecule has 0 amide bonds. The van der Waals surface area contributed by atoms with Crippen molar-refractivity contribution in [2.75, 3.05) is 20.6 Å². The highest BCUT2D eigenvalue weighted by atomic mass is 35.5. The summed E-state index contributed by atoms with van der Waals surface area (Å²) in [7, 11) is 4.14. The molecule has 0 fully saturated rings. The smallest absolute Gasteiger partial charge is 0.159 e. The summed E-state index contributed by atoms with van der Waals surface area (Å²) < 4.78 is 8.48. The first-order valence-electron chi connectivity index (χ1n) is 6.21. The highest BCUT2D eigenvalue weighted by Gasteiger charge is 2.37. The highest BCUT2D eigenvalue weighted by Crippen LogP contribution is 2.39. The summed E-state index contributed by atoms with van der Waals surface area (Å²) in [4.78, 5) is 2.16.